The predicted molar refractivity (Wildman–Crippen MR) is 42.7 cm³/mol. The topological polar surface area (TPSA) is 49.2 Å². The standard InChI is InChI=1S/C6H9N3OS/c10-5-1-2-9(3-5)6-7-4-8-11-6/h4-5,10H,1-3H2. The normalized spacial score (nSPS) is 24.5. The largest absolute Gasteiger partial charge is 0.391 e. The highest BCUT2D eigenvalue weighted by Gasteiger charge is 2.21. The molecular formula is C6H9N3OS. The van der Waals surface area contributed by atoms with Crippen LogP contribution >= 0.6 is 11.5 Å². The molecule has 1 saturated heterocycles. The van der Waals surface area contributed by atoms with Crippen LogP contribution < -0.4 is 4.90 Å². The lowest BCUT2D eigenvalue weighted by atomic mass is 10.3. The molecule has 60 valence electrons. The van der Waals surface area contributed by atoms with E-state index in [4.69, 9.17) is 0 Å². The minimum Gasteiger partial charge on any atom is -0.391 e. The van der Waals surface area contributed by atoms with Gasteiger partial charge in [0, 0.05) is 24.6 Å². The van der Waals surface area contributed by atoms with Gasteiger partial charge in [-0.05, 0) is 6.42 Å². The van der Waals surface area contributed by atoms with E-state index in [1.807, 2.05) is 0 Å². The number of hydrogen-bond acceptors (Lipinski definition) is 5. The average Bonchev–Trinajstić information content (AvgIpc) is 2.55. The molecule has 0 amide bonds. The van der Waals surface area contributed by atoms with Crippen molar-refractivity contribution >= 4 is 16.7 Å². The van der Waals surface area contributed by atoms with Crippen LogP contribution in [0.2, 0.25) is 0 Å². The number of rotatable bonds is 1. The molecule has 5 heteroatoms. The summed E-state index contributed by atoms with van der Waals surface area (Å²) in [4.78, 5) is 6.11. The number of β-amino-alcohol motifs (C(OH)–C–C–N with tert-alkyl or cyclic N) is 1. The molecule has 0 spiro atoms. The molecule has 2 rings (SSSR count). The van der Waals surface area contributed by atoms with Crippen molar-refractivity contribution < 1.29 is 5.11 Å². The van der Waals surface area contributed by atoms with Gasteiger partial charge in [0.1, 0.15) is 6.33 Å². The second-order valence-corrected chi connectivity index (χ2v) is 3.37. The highest BCUT2D eigenvalue weighted by atomic mass is 32.1. The van der Waals surface area contributed by atoms with Gasteiger partial charge >= 0.3 is 0 Å². The van der Waals surface area contributed by atoms with Crippen LogP contribution in [0.5, 0.6) is 0 Å². The maximum Gasteiger partial charge on any atom is 0.205 e. The van der Waals surface area contributed by atoms with Gasteiger partial charge < -0.3 is 10.0 Å². The van der Waals surface area contributed by atoms with Gasteiger partial charge in [-0.25, -0.2) is 4.98 Å². The number of hydrogen-bond donors (Lipinski definition) is 1. The van der Waals surface area contributed by atoms with E-state index in [9.17, 15) is 5.11 Å². The highest BCUT2D eigenvalue weighted by Crippen LogP contribution is 2.20. The molecule has 1 atom stereocenters. The first-order valence-electron chi connectivity index (χ1n) is 3.56. The SMILES string of the molecule is OC1CCN(c2ncns2)C1. The van der Waals surface area contributed by atoms with Crippen LogP contribution in [0.3, 0.4) is 0 Å². The van der Waals surface area contributed by atoms with E-state index in [0.29, 0.717) is 6.54 Å². The summed E-state index contributed by atoms with van der Waals surface area (Å²) in [5.41, 5.74) is 0. The fraction of sp³-hybridized carbons (Fsp3) is 0.667. The molecule has 4 nitrogen and oxygen atoms in total. The zero-order chi connectivity index (χ0) is 7.68. The van der Waals surface area contributed by atoms with Gasteiger partial charge in [0.2, 0.25) is 5.13 Å². The summed E-state index contributed by atoms with van der Waals surface area (Å²) < 4.78 is 3.90. The molecule has 1 aromatic heterocycles. The number of aliphatic hydroxyl groups excluding tert-OH is 1. The van der Waals surface area contributed by atoms with Crippen molar-refractivity contribution in [1.82, 2.24) is 9.36 Å². The Balaban J connectivity index is 2.08. The lowest BCUT2D eigenvalue weighted by Crippen LogP contribution is -2.20. The quantitative estimate of drug-likeness (QED) is 0.651. The zero-order valence-corrected chi connectivity index (χ0v) is 6.79. The Hall–Kier alpha value is -0.680. The number of aliphatic hydroxyl groups is 1. The van der Waals surface area contributed by atoms with Gasteiger partial charge in [0.15, 0.2) is 0 Å². The van der Waals surface area contributed by atoms with E-state index in [1.165, 1.54) is 11.5 Å². The summed E-state index contributed by atoms with van der Waals surface area (Å²) in [6.45, 7) is 1.60. The maximum absolute atomic E-state index is 9.21. The molecule has 0 aromatic carbocycles. The van der Waals surface area contributed by atoms with Crippen LogP contribution in [0.1, 0.15) is 6.42 Å². The second kappa shape index (κ2) is 2.75. The Bertz CT molecular complexity index is 226. The minimum absolute atomic E-state index is 0.182. The maximum atomic E-state index is 9.21. The molecule has 1 aliphatic heterocycles. The van der Waals surface area contributed by atoms with Gasteiger partial charge in [0.25, 0.3) is 0 Å². The van der Waals surface area contributed by atoms with Crippen LogP contribution in [-0.2, 0) is 0 Å². The predicted octanol–water partition coefficient (Wildman–Crippen LogP) is 0.109. The molecule has 2 heterocycles. The first kappa shape index (κ1) is 7.00. The third kappa shape index (κ3) is 1.34. The molecule has 0 bridgehead atoms. The van der Waals surface area contributed by atoms with Gasteiger partial charge in [-0.2, -0.15) is 4.37 Å². The van der Waals surface area contributed by atoms with Gasteiger partial charge in [-0.3, -0.25) is 0 Å². The van der Waals surface area contributed by atoms with Crippen molar-refractivity contribution in [3.05, 3.63) is 6.33 Å². The van der Waals surface area contributed by atoms with Crippen molar-refractivity contribution in [3.63, 3.8) is 0 Å². The minimum atomic E-state index is -0.182. The van der Waals surface area contributed by atoms with Crippen molar-refractivity contribution in [3.8, 4) is 0 Å². The van der Waals surface area contributed by atoms with E-state index in [2.05, 4.69) is 14.3 Å². The van der Waals surface area contributed by atoms with Crippen molar-refractivity contribution in [2.24, 2.45) is 0 Å². The average molecular weight is 171 g/mol. The molecule has 0 saturated carbocycles. The molecule has 0 aliphatic carbocycles. The fourth-order valence-corrected chi connectivity index (χ4v) is 1.79. The van der Waals surface area contributed by atoms with Crippen LogP contribution in [0.15, 0.2) is 6.33 Å². The summed E-state index contributed by atoms with van der Waals surface area (Å²) in [7, 11) is 0. The summed E-state index contributed by atoms with van der Waals surface area (Å²) in [6, 6.07) is 0. The summed E-state index contributed by atoms with van der Waals surface area (Å²) >= 11 is 1.38. The number of nitrogens with zero attached hydrogens (tertiary/aromatic N) is 3. The van der Waals surface area contributed by atoms with Crippen LogP contribution in [0, 0.1) is 0 Å². The molecule has 1 N–H and O–H groups in total. The Morgan fingerprint density at radius 3 is 3.18 bits per heavy atom. The summed E-state index contributed by atoms with van der Waals surface area (Å²) in [5.74, 6) is 0. The Labute approximate surface area is 68.7 Å². The molecule has 11 heavy (non-hydrogen) atoms. The van der Waals surface area contributed by atoms with E-state index in [-0.39, 0.29) is 6.10 Å². The summed E-state index contributed by atoms with van der Waals surface area (Å²) in [6.07, 6.45) is 2.21. The molecule has 1 aliphatic rings. The van der Waals surface area contributed by atoms with Gasteiger partial charge in [-0.15, -0.1) is 0 Å². The van der Waals surface area contributed by atoms with Gasteiger partial charge in [0.05, 0.1) is 6.10 Å². The van der Waals surface area contributed by atoms with Crippen molar-refractivity contribution in [1.29, 1.82) is 0 Å². The smallest absolute Gasteiger partial charge is 0.205 e. The molecule has 0 radical (unpaired) electrons. The monoisotopic (exact) mass is 171 g/mol. The fourth-order valence-electron chi connectivity index (χ4n) is 1.22. The first-order chi connectivity index (χ1) is 5.36. The van der Waals surface area contributed by atoms with Crippen LogP contribution in [0.4, 0.5) is 5.13 Å². The Morgan fingerprint density at radius 2 is 2.64 bits per heavy atom. The Kier molecular flexibility index (Phi) is 1.75. The first-order valence-corrected chi connectivity index (χ1v) is 4.33. The van der Waals surface area contributed by atoms with E-state index < -0.39 is 0 Å². The second-order valence-electron chi connectivity index (χ2n) is 2.61. The summed E-state index contributed by atoms with van der Waals surface area (Å²) in [5, 5.41) is 10.1. The van der Waals surface area contributed by atoms with Crippen LogP contribution in [-0.4, -0.2) is 33.7 Å². The van der Waals surface area contributed by atoms with E-state index >= 15 is 0 Å². The van der Waals surface area contributed by atoms with E-state index in [0.717, 1.165) is 18.1 Å². The third-order valence-corrected chi connectivity index (χ3v) is 2.51. The molecular weight excluding hydrogens is 162 g/mol. The van der Waals surface area contributed by atoms with Crippen LogP contribution in [0.25, 0.3) is 0 Å². The van der Waals surface area contributed by atoms with Gasteiger partial charge in [-0.1, -0.05) is 0 Å². The van der Waals surface area contributed by atoms with Crippen molar-refractivity contribution in [2.45, 2.75) is 12.5 Å². The zero-order valence-electron chi connectivity index (χ0n) is 5.97. The molecule has 1 aromatic rings. The third-order valence-electron chi connectivity index (χ3n) is 1.78. The molecule has 1 unspecified atom stereocenters. The van der Waals surface area contributed by atoms with Crippen molar-refractivity contribution in [2.75, 3.05) is 18.0 Å². The lowest BCUT2D eigenvalue weighted by molar-refractivity contribution is 0.198. The highest BCUT2D eigenvalue weighted by molar-refractivity contribution is 7.09. The number of anilines is 1. The molecule has 1 fully saturated rings. The Morgan fingerprint density at radius 1 is 1.73 bits per heavy atom. The lowest BCUT2D eigenvalue weighted by Gasteiger charge is -2.11. The van der Waals surface area contributed by atoms with E-state index in [1.54, 1.807) is 6.33 Å². The number of aromatic nitrogens is 2.